The summed E-state index contributed by atoms with van der Waals surface area (Å²) in [5.41, 5.74) is 8.54. The Morgan fingerprint density at radius 3 is 1.58 bits per heavy atom. The van der Waals surface area contributed by atoms with Crippen LogP contribution < -0.4 is 0 Å². The molecule has 11 rings (SSSR count). The van der Waals surface area contributed by atoms with E-state index in [9.17, 15) is 0 Å². The Labute approximate surface area is 314 Å². The summed E-state index contributed by atoms with van der Waals surface area (Å²) < 4.78 is 11.1. The highest BCUT2D eigenvalue weighted by molar-refractivity contribution is 6.15. The van der Waals surface area contributed by atoms with E-state index in [-0.39, 0.29) is 0 Å². The minimum absolute atomic E-state index is 0.425. The molecule has 0 aliphatic heterocycles. The Morgan fingerprint density at radius 2 is 0.891 bits per heavy atom. The molecule has 0 radical (unpaired) electrons. The molecule has 0 bridgehead atoms. The number of fused-ring (bicyclic) bond motifs is 6. The summed E-state index contributed by atoms with van der Waals surface area (Å²) in [6, 6.07) is 59.6. The number of hydrogen-bond donors (Lipinski definition) is 0. The van der Waals surface area contributed by atoms with E-state index in [1.54, 1.807) is 0 Å². The van der Waals surface area contributed by atoms with Crippen LogP contribution in [0.5, 0.6) is 0 Å². The molecular formula is C47H29N7O. The van der Waals surface area contributed by atoms with Crippen LogP contribution in [0, 0.1) is 0 Å². The van der Waals surface area contributed by atoms with Crippen LogP contribution in [0.3, 0.4) is 0 Å². The highest BCUT2D eigenvalue weighted by atomic mass is 16.4. The molecule has 0 aliphatic carbocycles. The normalized spacial score (nSPS) is 11.6. The fourth-order valence-electron chi connectivity index (χ4n) is 7.79. The molecule has 0 fully saturated rings. The van der Waals surface area contributed by atoms with Crippen LogP contribution in [0.4, 0.5) is 0 Å². The average molecular weight is 708 g/mol. The maximum Gasteiger partial charge on any atom is 0.250 e. The lowest BCUT2D eigenvalue weighted by molar-refractivity contribution is 0.585. The fourth-order valence-corrected chi connectivity index (χ4v) is 7.79. The van der Waals surface area contributed by atoms with E-state index in [0.717, 1.165) is 71.6 Å². The van der Waals surface area contributed by atoms with E-state index in [2.05, 4.69) is 94.1 Å². The summed E-state index contributed by atoms with van der Waals surface area (Å²) in [5.74, 6) is 2.57. The Hall–Kier alpha value is -7.71. The molecule has 8 nitrogen and oxygen atoms in total. The number of rotatable bonds is 6. The quantitative estimate of drug-likeness (QED) is 0.171. The number of benzene rings is 7. The highest BCUT2D eigenvalue weighted by Gasteiger charge is 2.24. The van der Waals surface area contributed by atoms with Gasteiger partial charge in [0.15, 0.2) is 11.6 Å². The standard InChI is InChI=1S/C47H29N7O/c1-4-16-30(17-5-1)43-48-44(31-18-6-2-7-19-31)50-47(49-43)54-39-28-13-11-23-35(39)41-36(25-15-29-40(41)54)45-51-52-46(55-45)37-26-14-24-34-33-22-10-12-27-38(33)53(42(34)37)32-20-8-3-9-21-32/h1-29H. The number of para-hydroxylation sites is 4. The van der Waals surface area contributed by atoms with E-state index < -0.39 is 0 Å². The van der Waals surface area contributed by atoms with Gasteiger partial charge in [-0.1, -0.05) is 133 Å². The second-order valence-corrected chi connectivity index (χ2v) is 13.4. The van der Waals surface area contributed by atoms with Gasteiger partial charge in [0.05, 0.1) is 27.6 Å². The summed E-state index contributed by atoms with van der Waals surface area (Å²) >= 11 is 0. The summed E-state index contributed by atoms with van der Waals surface area (Å²) in [6.45, 7) is 0. The maximum atomic E-state index is 6.69. The first-order valence-corrected chi connectivity index (χ1v) is 18.1. The number of hydrogen-bond acceptors (Lipinski definition) is 6. The van der Waals surface area contributed by atoms with Crippen LogP contribution in [0.25, 0.3) is 101 Å². The lowest BCUT2D eigenvalue weighted by atomic mass is 10.1. The van der Waals surface area contributed by atoms with Gasteiger partial charge < -0.3 is 8.98 Å². The van der Waals surface area contributed by atoms with Gasteiger partial charge in [0, 0.05) is 43.9 Å². The van der Waals surface area contributed by atoms with Crippen molar-refractivity contribution in [3.8, 4) is 57.3 Å². The molecule has 0 amide bonds. The first-order valence-electron chi connectivity index (χ1n) is 18.1. The molecule has 4 aromatic heterocycles. The smallest absolute Gasteiger partial charge is 0.250 e. The van der Waals surface area contributed by atoms with Gasteiger partial charge >= 0.3 is 0 Å². The molecule has 0 N–H and O–H groups in total. The molecule has 7 aromatic carbocycles. The molecule has 0 saturated heterocycles. The second-order valence-electron chi connectivity index (χ2n) is 13.4. The van der Waals surface area contributed by atoms with Gasteiger partial charge in [-0.3, -0.25) is 4.57 Å². The van der Waals surface area contributed by atoms with Gasteiger partial charge in [0.1, 0.15) is 0 Å². The van der Waals surface area contributed by atoms with Crippen molar-refractivity contribution in [3.05, 3.63) is 176 Å². The van der Waals surface area contributed by atoms with Crippen molar-refractivity contribution in [2.75, 3.05) is 0 Å². The van der Waals surface area contributed by atoms with Crippen molar-refractivity contribution in [2.45, 2.75) is 0 Å². The summed E-state index contributed by atoms with van der Waals surface area (Å²) in [4.78, 5) is 15.1. The molecule has 8 heteroatoms. The van der Waals surface area contributed by atoms with E-state index in [1.807, 2.05) is 91.0 Å². The van der Waals surface area contributed by atoms with E-state index >= 15 is 0 Å². The second kappa shape index (κ2) is 12.5. The van der Waals surface area contributed by atoms with Crippen LogP contribution in [-0.4, -0.2) is 34.3 Å². The molecule has 0 aliphatic rings. The Balaban J connectivity index is 1.12. The van der Waals surface area contributed by atoms with Crippen molar-refractivity contribution in [1.82, 2.24) is 34.3 Å². The first kappa shape index (κ1) is 30.9. The van der Waals surface area contributed by atoms with Crippen LogP contribution in [0.2, 0.25) is 0 Å². The summed E-state index contributed by atoms with van der Waals surface area (Å²) in [6.07, 6.45) is 0. The van der Waals surface area contributed by atoms with Gasteiger partial charge in [-0.05, 0) is 42.5 Å². The highest BCUT2D eigenvalue weighted by Crippen LogP contribution is 2.41. The maximum absolute atomic E-state index is 6.69. The lowest BCUT2D eigenvalue weighted by Gasteiger charge is -2.11. The van der Waals surface area contributed by atoms with Gasteiger partial charge in [-0.2, -0.15) is 9.97 Å². The molecule has 0 atom stereocenters. The van der Waals surface area contributed by atoms with Crippen LogP contribution >= 0.6 is 0 Å². The zero-order chi connectivity index (χ0) is 36.3. The Morgan fingerprint density at radius 1 is 0.382 bits per heavy atom. The molecule has 258 valence electrons. The van der Waals surface area contributed by atoms with E-state index in [0.29, 0.717) is 29.4 Å². The van der Waals surface area contributed by atoms with Crippen LogP contribution in [0.15, 0.2) is 180 Å². The van der Waals surface area contributed by atoms with Gasteiger partial charge in [-0.25, -0.2) is 4.98 Å². The predicted octanol–water partition coefficient (Wildman–Crippen LogP) is 11.1. The van der Waals surface area contributed by atoms with Crippen molar-refractivity contribution < 1.29 is 4.42 Å². The third-order valence-electron chi connectivity index (χ3n) is 10.2. The minimum Gasteiger partial charge on any atom is -0.416 e. The molecule has 0 saturated carbocycles. The summed E-state index contributed by atoms with van der Waals surface area (Å²) in [5, 5.41) is 13.6. The SMILES string of the molecule is c1ccc(-c2nc(-c3ccccc3)nc(-n3c4ccccc4c4c(-c5nnc(-c6cccc7c8ccccc8n(-c8ccccc8)c67)o5)cccc43)n2)cc1. The first-order chi connectivity index (χ1) is 27.3. The molecule has 0 unspecified atom stereocenters. The van der Waals surface area contributed by atoms with Crippen molar-refractivity contribution in [1.29, 1.82) is 0 Å². The molecule has 11 aromatic rings. The lowest BCUT2D eigenvalue weighted by Crippen LogP contribution is -2.06. The molecule has 4 heterocycles. The summed E-state index contributed by atoms with van der Waals surface area (Å²) in [7, 11) is 0. The van der Waals surface area contributed by atoms with Crippen molar-refractivity contribution in [3.63, 3.8) is 0 Å². The van der Waals surface area contributed by atoms with Gasteiger partial charge in [0.25, 0.3) is 0 Å². The number of nitrogens with zero attached hydrogens (tertiary/aromatic N) is 7. The van der Waals surface area contributed by atoms with E-state index in [1.165, 1.54) is 0 Å². The van der Waals surface area contributed by atoms with Crippen LogP contribution in [0.1, 0.15) is 0 Å². The fraction of sp³-hybridized carbons (Fsp3) is 0. The van der Waals surface area contributed by atoms with Gasteiger partial charge in [-0.15, -0.1) is 10.2 Å². The Bertz CT molecular complexity index is 3140. The minimum atomic E-state index is 0.425. The zero-order valence-electron chi connectivity index (χ0n) is 29.3. The monoisotopic (exact) mass is 707 g/mol. The molecule has 55 heavy (non-hydrogen) atoms. The zero-order valence-corrected chi connectivity index (χ0v) is 29.3. The predicted molar refractivity (Wildman–Crippen MR) is 218 cm³/mol. The largest absolute Gasteiger partial charge is 0.416 e. The average Bonchev–Trinajstić information content (AvgIpc) is 3.98. The topological polar surface area (TPSA) is 87.5 Å². The third-order valence-corrected chi connectivity index (χ3v) is 10.2. The molecule has 0 spiro atoms. The Kier molecular flexibility index (Phi) is 6.99. The van der Waals surface area contributed by atoms with Gasteiger partial charge in [0.2, 0.25) is 17.7 Å². The van der Waals surface area contributed by atoms with Crippen molar-refractivity contribution in [2.24, 2.45) is 0 Å². The molecular weight excluding hydrogens is 679 g/mol. The number of aromatic nitrogens is 7. The van der Waals surface area contributed by atoms with Crippen LogP contribution in [-0.2, 0) is 0 Å². The van der Waals surface area contributed by atoms with E-state index in [4.69, 9.17) is 29.6 Å². The third kappa shape index (κ3) is 4.96. The van der Waals surface area contributed by atoms with Crippen molar-refractivity contribution >= 4 is 43.6 Å².